The molecule has 13 heteroatoms. The standard InChI is InChI=1S/C46H34ClFN4O7/c1-58-38-22-30(53)18-19-32(38)40-31-20-21-33-39(44(56)51(42(33)54)29-16-6-24(7-17-29)41-49-36-4-2-3-5-37(36)59-41)34(31)23-35-43(55)52(50-28-14-12-27(48)13-15-28)45(57)46(35,40)25-8-10-26(47)11-9-25/h2-20,22,33-35,39-40,50,53H,21,23H2,1H3/t33-,34+,35-,39-,40+,46+/m0/s1. The number of phenolic OH excluding ortho intramolecular Hbond substituents is 1. The fourth-order valence-corrected chi connectivity index (χ4v) is 10.1. The van der Waals surface area contributed by atoms with Crippen LogP contribution in [-0.2, 0) is 24.6 Å². The number of carbonyl (C=O) groups excluding carboxylic acids is 4. The number of nitrogens with zero attached hydrogens (tertiary/aromatic N) is 3. The Morgan fingerprint density at radius 2 is 1.63 bits per heavy atom. The normalized spacial score (nSPS) is 24.9. The average Bonchev–Trinajstić information content (AvgIpc) is 3.86. The topological polar surface area (TPSA) is 142 Å². The van der Waals surface area contributed by atoms with Gasteiger partial charge in [0.2, 0.25) is 17.7 Å². The highest BCUT2D eigenvalue weighted by Gasteiger charge is 2.70. The summed E-state index contributed by atoms with van der Waals surface area (Å²) in [6, 6.07) is 31.0. The largest absolute Gasteiger partial charge is 0.508 e. The number of amides is 4. The lowest BCUT2D eigenvalue weighted by Gasteiger charge is -2.50. The second-order valence-corrected chi connectivity index (χ2v) is 15.8. The summed E-state index contributed by atoms with van der Waals surface area (Å²) in [5, 5.41) is 12.0. The van der Waals surface area contributed by atoms with E-state index < -0.39 is 58.5 Å². The lowest BCUT2D eigenvalue weighted by Crippen LogP contribution is -2.53. The van der Waals surface area contributed by atoms with Gasteiger partial charge in [0.05, 0.1) is 41.7 Å². The summed E-state index contributed by atoms with van der Waals surface area (Å²) in [4.78, 5) is 65.3. The molecule has 0 bridgehead atoms. The highest BCUT2D eigenvalue weighted by atomic mass is 35.5. The number of para-hydroxylation sites is 2. The molecule has 1 saturated carbocycles. The van der Waals surface area contributed by atoms with Crippen LogP contribution in [0.2, 0.25) is 5.02 Å². The molecule has 2 aliphatic heterocycles. The summed E-state index contributed by atoms with van der Waals surface area (Å²) < 4.78 is 25.8. The number of hydrogen-bond donors (Lipinski definition) is 2. The zero-order valence-corrected chi connectivity index (χ0v) is 32.1. The molecule has 6 atom stereocenters. The van der Waals surface area contributed by atoms with E-state index in [2.05, 4.69) is 10.4 Å². The second-order valence-electron chi connectivity index (χ2n) is 15.3. The number of methoxy groups -OCH3 is 1. The molecule has 0 spiro atoms. The van der Waals surface area contributed by atoms with Gasteiger partial charge in [-0.2, -0.15) is 5.01 Å². The number of carbonyl (C=O) groups is 4. The number of aromatic nitrogens is 1. The van der Waals surface area contributed by atoms with Gasteiger partial charge in [0.25, 0.3) is 11.8 Å². The van der Waals surface area contributed by atoms with E-state index in [9.17, 15) is 23.9 Å². The third kappa shape index (κ3) is 5.50. The Kier molecular flexibility index (Phi) is 8.46. The Morgan fingerprint density at radius 3 is 2.36 bits per heavy atom. The van der Waals surface area contributed by atoms with Crippen molar-refractivity contribution in [2.24, 2.45) is 23.7 Å². The van der Waals surface area contributed by atoms with Gasteiger partial charge in [0, 0.05) is 28.1 Å². The molecule has 2 N–H and O–H groups in total. The van der Waals surface area contributed by atoms with Crippen LogP contribution >= 0.6 is 11.6 Å². The first-order valence-corrected chi connectivity index (χ1v) is 19.5. The Bertz CT molecular complexity index is 2720. The fraction of sp³-hybridized carbons (Fsp3) is 0.196. The molecule has 2 aliphatic carbocycles. The lowest BCUT2D eigenvalue weighted by molar-refractivity contribution is -0.138. The Labute approximate surface area is 341 Å². The number of hydrazine groups is 1. The maximum Gasteiger partial charge on any atom is 0.260 e. The minimum absolute atomic E-state index is 0.0578. The smallest absolute Gasteiger partial charge is 0.260 e. The highest BCUT2D eigenvalue weighted by Crippen LogP contribution is 2.65. The van der Waals surface area contributed by atoms with Gasteiger partial charge >= 0.3 is 0 Å². The van der Waals surface area contributed by atoms with Crippen LogP contribution in [0.15, 0.2) is 131 Å². The molecule has 294 valence electrons. The molecule has 5 aromatic carbocycles. The van der Waals surface area contributed by atoms with Gasteiger partial charge in [-0.25, -0.2) is 9.37 Å². The van der Waals surface area contributed by atoms with Crippen LogP contribution in [0.4, 0.5) is 15.8 Å². The summed E-state index contributed by atoms with van der Waals surface area (Å²) in [5.41, 5.74) is 5.76. The van der Waals surface area contributed by atoms with Crippen molar-refractivity contribution >= 4 is 57.7 Å². The molecular formula is C46H34ClFN4O7. The molecule has 10 rings (SSSR count). The molecule has 3 heterocycles. The van der Waals surface area contributed by atoms with Crippen molar-refractivity contribution in [2.75, 3.05) is 17.4 Å². The molecule has 4 amide bonds. The van der Waals surface area contributed by atoms with Crippen LogP contribution in [0.25, 0.3) is 22.6 Å². The molecule has 2 saturated heterocycles. The first-order chi connectivity index (χ1) is 28.6. The van der Waals surface area contributed by atoms with E-state index >= 15 is 4.79 Å². The number of oxazole rings is 1. The predicted molar refractivity (Wildman–Crippen MR) is 216 cm³/mol. The number of nitrogens with one attached hydrogen (secondary N) is 1. The Balaban J connectivity index is 1.09. The number of anilines is 2. The van der Waals surface area contributed by atoms with Gasteiger partial charge in [-0.05, 0) is 103 Å². The van der Waals surface area contributed by atoms with E-state index in [-0.39, 0.29) is 30.2 Å². The third-order valence-electron chi connectivity index (χ3n) is 12.5. The zero-order chi connectivity index (χ0) is 40.7. The van der Waals surface area contributed by atoms with Gasteiger partial charge < -0.3 is 14.3 Å². The van der Waals surface area contributed by atoms with E-state index in [0.29, 0.717) is 55.7 Å². The number of halogens is 2. The molecule has 6 aromatic rings. The molecule has 59 heavy (non-hydrogen) atoms. The van der Waals surface area contributed by atoms with Gasteiger partial charge in [0.1, 0.15) is 22.8 Å². The van der Waals surface area contributed by atoms with Gasteiger partial charge in [-0.1, -0.05) is 53.6 Å². The molecule has 0 radical (unpaired) electrons. The molecule has 0 unspecified atom stereocenters. The van der Waals surface area contributed by atoms with Crippen molar-refractivity contribution < 1.29 is 37.8 Å². The van der Waals surface area contributed by atoms with E-state index in [4.69, 9.17) is 20.8 Å². The maximum atomic E-state index is 15.4. The molecule has 1 aromatic heterocycles. The third-order valence-corrected chi connectivity index (χ3v) is 12.7. The Morgan fingerprint density at radius 1 is 0.881 bits per heavy atom. The van der Waals surface area contributed by atoms with Crippen LogP contribution in [0.3, 0.4) is 0 Å². The number of benzene rings is 5. The summed E-state index contributed by atoms with van der Waals surface area (Å²) in [6.07, 6.45) is 2.20. The SMILES string of the molecule is COc1cc(O)ccc1[C@H]1C2=CC[C@@H]3C(=O)N(c4ccc(-c5nc6ccccc6o5)cc4)C(=O)[C@@H]3[C@@H]2C[C@H]2C(=O)N(Nc3ccc(F)cc3)C(=O)[C@@]12c1ccc(Cl)cc1. The number of hydrogen-bond acceptors (Lipinski definition) is 9. The number of ether oxygens (including phenoxy) is 1. The van der Waals surface area contributed by atoms with Crippen LogP contribution in [0, 0.1) is 29.5 Å². The number of aromatic hydroxyl groups is 1. The number of phenols is 1. The Hall–Kier alpha value is -6.79. The van der Waals surface area contributed by atoms with Gasteiger partial charge in [-0.3, -0.25) is 29.5 Å². The molecular weight excluding hydrogens is 775 g/mol. The summed E-state index contributed by atoms with van der Waals surface area (Å²) >= 11 is 6.40. The summed E-state index contributed by atoms with van der Waals surface area (Å²) in [6.45, 7) is 0. The molecule has 3 fully saturated rings. The number of fused-ring (bicyclic) bond motifs is 5. The van der Waals surface area contributed by atoms with Crippen molar-refractivity contribution in [3.63, 3.8) is 0 Å². The quantitative estimate of drug-likeness (QED) is 0.121. The predicted octanol–water partition coefficient (Wildman–Crippen LogP) is 8.19. The van der Waals surface area contributed by atoms with Crippen LogP contribution in [0.1, 0.15) is 29.9 Å². The minimum atomic E-state index is -1.61. The monoisotopic (exact) mass is 808 g/mol. The van der Waals surface area contributed by atoms with Crippen LogP contribution in [0.5, 0.6) is 11.5 Å². The fourth-order valence-electron chi connectivity index (χ4n) is 9.94. The van der Waals surface area contributed by atoms with E-state index in [1.807, 2.05) is 30.3 Å². The van der Waals surface area contributed by atoms with Crippen molar-refractivity contribution in [1.29, 1.82) is 0 Å². The van der Waals surface area contributed by atoms with Gasteiger partial charge in [-0.15, -0.1) is 0 Å². The van der Waals surface area contributed by atoms with Crippen molar-refractivity contribution in [3.8, 4) is 23.0 Å². The number of allylic oxidation sites excluding steroid dienone is 2. The summed E-state index contributed by atoms with van der Waals surface area (Å²) in [7, 11) is 1.45. The highest BCUT2D eigenvalue weighted by molar-refractivity contribution is 6.30. The van der Waals surface area contributed by atoms with E-state index in [0.717, 1.165) is 5.01 Å². The maximum absolute atomic E-state index is 15.4. The molecule has 4 aliphatic rings. The van der Waals surface area contributed by atoms with Crippen molar-refractivity contribution in [1.82, 2.24) is 9.99 Å². The lowest BCUT2D eigenvalue weighted by atomic mass is 9.49. The zero-order valence-electron chi connectivity index (χ0n) is 31.3. The number of rotatable bonds is 7. The minimum Gasteiger partial charge on any atom is -0.508 e. The first-order valence-electron chi connectivity index (χ1n) is 19.2. The van der Waals surface area contributed by atoms with Crippen LogP contribution < -0.4 is 15.1 Å². The van der Waals surface area contributed by atoms with Crippen molar-refractivity contribution in [2.45, 2.75) is 24.2 Å². The van der Waals surface area contributed by atoms with Crippen LogP contribution in [-0.4, -0.2) is 45.8 Å². The van der Waals surface area contributed by atoms with Gasteiger partial charge in [0.15, 0.2) is 5.58 Å². The van der Waals surface area contributed by atoms with E-state index in [1.165, 1.54) is 48.4 Å². The van der Waals surface area contributed by atoms with Crippen molar-refractivity contribution in [3.05, 3.63) is 149 Å². The number of imide groups is 2. The molecule has 11 nitrogen and oxygen atoms in total. The average molecular weight is 809 g/mol. The van der Waals surface area contributed by atoms with E-state index in [1.54, 1.807) is 54.6 Å². The second kappa shape index (κ2) is 13.7. The summed E-state index contributed by atoms with van der Waals surface area (Å²) in [5.74, 6) is -5.97. The first kappa shape index (κ1) is 36.5.